The van der Waals surface area contributed by atoms with Gasteiger partial charge in [-0.2, -0.15) is 0 Å². The van der Waals surface area contributed by atoms with Crippen molar-refractivity contribution in [3.63, 3.8) is 0 Å². The van der Waals surface area contributed by atoms with Gasteiger partial charge in [0.2, 0.25) is 0 Å². The second-order valence-corrected chi connectivity index (χ2v) is 4.71. The summed E-state index contributed by atoms with van der Waals surface area (Å²) in [5.74, 6) is 0.163. The molecule has 94 valence electrons. The summed E-state index contributed by atoms with van der Waals surface area (Å²) in [6.07, 6.45) is 2.87. The molecule has 4 nitrogen and oxygen atoms in total. The number of aryl methyl sites for hydroxylation is 1. The van der Waals surface area contributed by atoms with Gasteiger partial charge < -0.3 is 9.14 Å². The van der Waals surface area contributed by atoms with E-state index in [-0.39, 0.29) is 17.8 Å². The monoisotopic (exact) mass is 244 g/mol. The van der Waals surface area contributed by atoms with Gasteiger partial charge in [-0.1, -0.05) is 6.07 Å². The lowest BCUT2D eigenvalue weighted by molar-refractivity contribution is -0.144. The van der Waals surface area contributed by atoms with Crippen LogP contribution in [0.4, 0.5) is 0 Å². The third-order valence-corrected chi connectivity index (χ3v) is 3.54. The van der Waals surface area contributed by atoms with Crippen LogP contribution in [0.2, 0.25) is 0 Å². The number of imidazole rings is 1. The van der Waals surface area contributed by atoms with Gasteiger partial charge >= 0.3 is 5.97 Å². The predicted molar refractivity (Wildman–Crippen MR) is 67.4 cm³/mol. The van der Waals surface area contributed by atoms with Gasteiger partial charge in [0.25, 0.3) is 0 Å². The summed E-state index contributed by atoms with van der Waals surface area (Å²) in [4.78, 5) is 16.3. The number of fused-ring (bicyclic) bond motifs is 1. The molecule has 0 bridgehead atoms. The molecule has 3 rings (SSSR count). The van der Waals surface area contributed by atoms with E-state index in [0.29, 0.717) is 6.61 Å². The first-order chi connectivity index (χ1) is 8.72. The summed E-state index contributed by atoms with van der Waals surface area (Å²) in [6.45, 7) is 4.34. The second kappa shape index (κ2) is 4.12. The topological polar surface area (TPSA) is 43.6 Å². The van der Waals surface area contributed by atoms with Gasteiger partial charge in [-0.05, 0) is 32.4 Å². The van der Waals surface area contributed by atoms with Crippen molar-refractivity contribution in [2.45, 2.75) is 26.2 Å². The number of rotatable bonds is 3. The van der Waals surface area contributed by atoms with Gasteiger partial charge in [-0.15, -0.1) is 0 Å². The Morgan fingerprint density at radius 1 is 1.56 bits per heavy atom. The standard InChI is InChI=1S/C14H16N2O2/c1-3-18-14(17)11-8-10(11)13-9(2)16-7-5-4-6-12(16)15-13/h4-7,10-11H,3,8H2,1-2H3. The number of nitrogens with zero attached hydrogens (tertiary/aromatic N) is 2. The van der Waals surface area contributed by atoms with E-state index >= 15 is 0 Å². The molecule has 0 amide bonds. The summed E-state index contributed by atoms with van der Waals surface area (Å²) in [7, 11) is 0. The fourth-order valence-electron chi connectivity index (χ4n) is 2.49. The van der Waals surface area contributed by atoms with Gasteiger partial charge in [-0.3, -0.25) is 4.79 Å². The Morgan fingerprint density at radius 3 is 3.11 bits per heavy atom. The van der Waals surface area contributed by atoms with Crippen molar-refractivity contribution in [1.29, 1.82) is 0 Å². The third-order valence-electron chi connectivity index (χ3n) is 3.54. The number of hydrogen-bond donors (Lipinski definition) is 0. The third kappa shape index (κ3) is 1.68. The molecule has 2 aromatic rings. The van der Waals surface area contributed by atoms with Crippen LogP contribution in [-0.2, 0) is 9.53 Å². The maximum atomic E-state index is 11.7. The lowest BCUT2D eigenvalue weighted by atomic mass is 10.2. The van der Waals surface area contributed by atoms with Crippen molar-refractivity contribution in [3.05, 3.63) is 35.8 Å². The molecule has 1 aliphatic carbocycles. The van der Waals surface area contributed by atoms with Crippen molar-refractivity contribution in [2.75, 3.05) is 6.61 Å². The predicted octanol–water partition coefficient (Wildman–Crippen LogP) is 2.31. The SMILES string of the molecule is CCOC(=O)C1CC1c1nc2ccccn2c1C. The van der Waals surface area contributed by atoms with Crippen LogP contribution in [0.3, 0.4) is 0 Å². The quantitative estimate of drug-likeness (QED) is 0.778. The zero-order chi connectivity index (χ0) is 12.7. The van der Waals surface area contributed by atoms with Crippen molar-refractivity contribution < 1.29 is 9.53 Å². The smallest absolute Gasteiger partial charge is 0.309 e. The molecule has 2 heterocycles. The molecular formula is C14H16N2O2. The Bertz CT molecular complexity index is 603. The van der Waals surface area contributed by atoms with Gasteiger partial charge in [0.05, 0.1) is 18.2 Å². The lowest BCUT2D eigenvalue weighted by Gasteiger charge is -2.00. The average Bonchev–Trinajstić information content (AvgIpc) is 3.10. The molecule has 2 aromatic heterocycles. The highest BCUT2D eigenvalue weighted by Gasteiger charge is 2.47. The van der Waals surface area contributed by atoms with E-state index in [9.17, 15) is 4.79 Å². The summed E-state index contributed by atoms with van der Waals surface area (Å²) >= 11 is 0. The Labute approximate surface area is 106 Å². The van der Waals surface area contributed by atoms with E-state index in [1.807, 2.05) is 31.3 Å². The van der Waals surface area contributed by atoms with Crippen LogP contribution in [0.15, 0.2) is 24.4 Å². The number of carbonyl (C=O) groups is 1. The second-order valence-electron chi connectivity index (χ2n) is 4.71. The minimum Gasteiger partial charge on any atom is -0.466 e. The molecule has 1 fully saturated rings. The first kappa shape index (κ1) is 11.3. The van der Waals surface area contributed by atoms with E-state index in [1.165, 1.54) is 0 Å². The van der Waals surface area contributed by atoms with E-state index in [2.05, 4.69) is 16.3 Å². The summed E-state index contributed by atoms with van der Waals surface area (Å²) < 4.78 is 7.12. The fraction of sp³-hybridized carbons (Fsp3) is 0.429. The molecule has 18 heavy (non-hydrogen) atoms. The van der Waals surface area contributed by atoms with E-state index in [1.54, 1.807) is 0 Å². The zero-order valence-corrected chi connectivity index (χ0v) is 10.6. The minimum absolute atomic E-state index is 0.00793. The molecule has 0 N–H and O–H groups in total. The van der Waals surface area contributed by atoms with Crippen LogP contribution >= 0.6 is 0 Å². The van der Waals surface area contributed by atoms with Gasteiger partial charge in [0.15, 0.2) is 0 Å². The van der Waals surface area contributed by atoms with Crippen LogP contribution in [0.1, 0.15) is 30.7 Å². The van der Waals surface area contributed by atoms with Crippen LogP contribution < -0.4 is 0 Å². The number of hydrogen-bond acceptors (Lipinski definition) is 3. The molecule has 0 aromatic carbocycles. The molecule has 4 heteroatoms. The highest BCUT2D eigenvalue weighted by molar-refractivity contribution is 5.77. The molecule has 0 radical (unpaired) electrons. The minimum atomic E-state index is -0.0843. The average molecular weight is 244 g/mol. The van der Waals surface area contributed by atoms with E-state index < -0.39 is 0 Å². The van der Waals surface area contributed by atoms with Crippen molar-refractivity contribution in [1.82, 2.24) is 9.38 Å². The zero-order valence-electron chi connectivity index (χ0n) is 10.6. The molecule has 1 aliphatic rings. The van der Waals surface area contributed by atoms with Crippen LogP contribution in [-0.4, -0.2) is 22.0 Å². The molecule has 2 atom stereocenters. The number of pyridine rings is 1. The molecular weight excluding hydrogens is 228 g/mol. The van der Waals surface area contributed by atoms with Gasteiger partial charge in [0.1, 0.15) is 5.65 Å². The maximum absolute atomic E-state index is 11.7. The van der Waals surface area contributed by atoms with Crippen LogP contribution in [0, 0.1) is 12.8 Å². The summed E-state index contributed by atoms with van der Waals surface area (Å²) in [6, 6.07) is 5.95. The number of carbonyl (C=O) groups excluding carboxylic acids is 1. The van der Waals surface area contributed by atoms with E-state index in [4.69, 9.17) is 4.74 Å². The summed E-state index contributed by atoms with van der Waals surface area (Å²) in [5.41, 5.74) is 3.11. The van der Waals surface area contributed by atoms with Crippen molar-refractivity contribution in [2.24, 2.45) is 5.92 Å². The molecule has 1 saturated carbocycles. The van der Waals surface area contributed by atoms with Gasteiger partial charge in [0, 0.05) is 17.8 Å². The highest BCUT2D eigenvalue weighted by Crippen LogP contribution is 2.48. The first-order valence-corrected chi connectivity index (χ1v) is 6.32. The lowest BCUT2D eigenvalue weighted by Crippen LogP contribution is -2.07. The van der Waals surface area contributed by atoms with Gasteiger partial charge in [-0.25, -0.2) is 4.98 Å². The molecule has 0 aliphatic heterocycles. The fourth-order valence-corrected chi connectivity index (χ4v) is 2.49. The Balaban J connectivity index is 1.89. The molecule has 2 unspecified atom stereocenters. The van der Waals surface area contributed by atoms with Crippen LogP contribution in [0.25, 0.3) is 5.65 Å². The number of aromatic nitrogens is 2. The largest absolute Gasteiger partial charge is 0.466 e. The normalized spacial score (nSPS) is 22.1. The van der Waals surface area contributed by atoms with Crippen LogP contribution in [0.5, 0.6) is 0 Å². The van der Waals surface area contributed by atoms with E-state index in [0.717, 1.165) is 23.5 Å². The maximum Gasteiger partial charge on any atom is 0.309 e. The van der Waals surface area contributed by atoms with Crippen molar-refractivity contribution in [3.8, 4) is 0 Å². The highest BCUT2D eigenvalue weighted by atomic mass is 16.5. The van der Waals surface area contributed by atoms with Crippen molar-refractivity contribution >= 4 is 11.6 Å². The molecule has 0 saturated heterocycles. The Kier molecular flexibility index (Phi) is 2.58. The number of ether oxygens (including phenoxy) is 1. The number of esters is 1. The first-order valence-electron chi connectivity index (χ1n) is 6.32. The Morgan fingerprint density at radius 2 is 2.39 bits per heavy atom. The molecule has 0 spiro atoms. The summed E-state index contributed by atoms with van der Waals surface area (Å²) in [5, 5.41) is 0. The Hall–Kier alpha value is -1.84.